The molecule has 0 spiro atoms. The Hall–Kier alpha value is -0.650. The van der Waals surface area contributed by atoms with E-state index in [-0.39, 0.29) is 5.84 Å². The van der Waals surface area contributed by atoms with Crippen LogP contribution in [0.15, 0.2) is 0 Å². The third-order valence-electron chi connectivity index (χ3n) is 2.75. The van der Waals surface area contributed by atoms with Crippen molar-refractivity contribution in [3.63, 3.8) is 0 Å². The molecule has 1 heterocycles. The van der Waals surface area contributed by atoms with Gasteiger partial charge < -0.3 is 20.5 Å². The van der Waals surface area contributed by atoms with E-state index in [1.807, 2.05) is 11.9 Å². The van der Waals surface area contributed by atoms with Crippen molar-refractivity contribution in [2.45, 2.75) is 24.9 Å². The molecular formula is C10H21N3O2. The van der Waals surface area contributed by atoms with Crippen molar-refractivity contribution in [2.75, 3.05) is 33.4 Å². The Kier molecular flexibility index (Phi) is 4.50. The Morgan fingerprint density at radius 3 is 2.67 bits per heavy atom. The van der Waals surface area contributed by atoms with E-state index in [4.69, 9.17) is 15.9 Å². The van der Waals surface area contributed by atoms with Gasteiger partial charge in [-0.25, -0.2) is 0 Å². The van der Waals surface area contributed by atoms with E-state index in [9.17, 15) is 5.11 Å². The van der Waals surface area contributed by atoms with Crippen molar-refractivity contribution in [1.29, 1.82) is 5.41 Å². The molecule has 0 aliphatic carbocycles. The Balaban J connectivity index is 2.28. The standard InChI is InChI=1S/C10H21N3O2/c1-13(5-2-9(11)12)8-10(14)3-6-15-7-4-10/h14H,2-8H2,1H3,(H3,11,12). The summed E-state index contributed by atoms with van der Waals surface area (Å²) < 4.78 is 5.21. The summed E-state index contributed by atoms with van der Waals surface area (Å²) in [5, 5.41) is 17.3. The number of hydrogen-bond acceptors (Lipinski definition) is 4. The number of hydrogen-bond donors (Lipinski definition) is 3. The van der Waals surface area contributed by atoms with Gasteiger partial charge >= 0.3 is 0 Å². The number of ether oxygens (including phenoxy) is 1. The van der Waals surface area contributed by atoms with Gasteiger partial charge in [0.1, 0.15) is 0 Å². The first-order chi connectivity index (χ1) is 7.02. The van der Waals surface area contributed by atoms with Gasteiger partial charge in [0.2, 0.25) is 0 Å². The quantitative estimate of drug-likeness (QED) is 0.437. The van der Waals surface area contributed by atoms with Crippen molar-refractivity contribution in [3.8, 4) is 0 Å². The summed E-state index contributed by atoms with van der Waals surface area (Å²) in [6, 6.07) is 0. The van der Waals surface area contributed by atoms with Crippen molar-refractivity contribution in [2.24, 2.45) is 5.73 Å². The number of rotatable bonds is 5. The molecule has 5 heteroatoms. The van der Waals surface area contributed by atoms with Crippen molar-refractivity contribution in [1.82, 2.24) is 4.90 Å². The van der Waals surface area contributed by atoms with Gasteiger partial charge in [-0.1, -0.05) is 0 Å². The topological polar surface area (TPSA) is 82.6 Å². The van der Waals surface area contributed by atoms with Gasteiger partial charge in [-0.3, -0.25) is 5.41 Å². The second-order valence-corrected chi connectivity index (χ2v) is 4.35. The van der Waals surface area contributed by atoms with Gasteiger partial charge in [-0.15, -0.1) is 0 Å². The van der Waals surface area contributed by atoms with Crippen LogP contribution in [-0.2, 0) is 4.74 Å². The minimum absolute atomic E-state index is 0.195. The average Bonchev–Trinajstić information content (AvgIpc) is 2.15. The molecule has 0 saturated carbocycles. The smallest absolute Gasteiger partial charge is 0.0918 e. The Morgan fingerprint density at radius 2 is 2.13 bits per heavy atom. The molecule has 0 bridgehead atoms. The number of aliphatic hydroxyl groups is 1. The van der Waals surface area contributed by atoms with Gasteiger partial charge in [0.05, 0.1) is 11.4 Å². The van der Waals surface area contributed by atoms with Crippen LogP contribution in [0.2, 0.25) is 0 Å². The fraction of sp³-hybridized carbons (Fsp3) is 0.900. The zero-order chi connectivity index (χ0) is 11.3. The normalized spacial score (nSPS) is 20.5. The summed E-state index contributed by atoms with van der Waals surface area (Å²) >= 11 is 0. The van der Waals surface area contributed by atoms with Gasteiger partial charge in [0, 0.05) is 45.6 Å². The maximum Gasteiger partial charge on any atom is 0.0918 e. The molecule has 0 unspecified atom stereocenters. The second-order valence-electron chi connectivity index (χ2n) is 4.35. The Morgan fingerprint density at radius 1 is 1.53 bits per heavy atom. The first-order valence-electron chi connectivity index (χ1n) is 5.33. The van der Waals surface area contributed by atoms with Crippen LogP contribution in [0.3, 0.4) is 0 Å². The fourth-order valence-electron chi connectivity index (χ4n) is 1.80. The molecule has 15 heavy (non-hydrogen) atoms. The van der Waals surface area contributed by atoms with Crippen LogP contribution in [0.25, 0.3) is 0 Å². The molecule has 0 atom stereocenters. The highest BCUT2D eigenvalue weighted by atomic mass is 16.5. The van der Waals surface area contributed by atoms with E-state index >= 15 is 0 Å². The molecule has 0 amide bonds. The molecule has 0 radical (unpaired) electrons. The largest absolute Gasteiger partial charge is 0.388 e. The maximum absolute atomic E-state index is 10.2. The predicted octanol–water partition coefficient (Wildman–Crippen LogP) is -0.214. The van der Waals surface area contributed by atoms with E-state index in [1.165, 1.54) is 0 Å². The first-order valence-corrected chi connectivity index (χ1v) is 5.33. The highest BCUT2D eigenvalue weighted by Gasteiger charge is 2.30. The Bertz CT molecular complexity index is 215. The van der Waals surface area contributed by atoms with Gasteiger partial charge in [0.25, 0.3) is 0 Å². The average molecular weight is 215 g/mol. The summed E-state index contributed by atoms with van der Waals surface area (Å²) in [6.45, 7) is 2.62. The van der Waals surface area contributed by atoms with E-state index < -0.39 is 5.60 Å². The minimum atomic E-state index is -0.621. The maximum atomic E-state index is 10.2. The molecule has 1 saturated heterocycles. The van der Waals surface area contributed by atoms with E-state index in [1.54, 1.807) is 0 Å². The lowest BCUT2D eigenvalue weighted by Gasteiger charge is -2.35. The molecule has 1 aliphatic rings. The molecule has 4 N–H and O–H groups in total. The fourth-order valence-corrected chi connectivity index (χ4v) is 1.80. The van der Waals surface area contributed by atoms with Crippen LogP contribution in [0.5, 0.6) is 0 Å². The third kappa shape index (κ3) is 4.59. The highest BCUT2D eigenvalue weighted by Crippen LogP contribution is 2.21. The molecule has 0 aromatic carbocycles. The lowest BCUT2D eigenvalue weighted by molar-refractivity contribution is -0.0765. The minimum Gasteiger partial charge on any atom is -0.388 e. The number of likely N-dealkylation sites (N-methyl/N-ethyl adjacent to an activating group) is 1. The molecule has 0 aromatic rings. The second kappa shape index (κ2) is 5.44. The van der Waals surface area contributed by atoms with Crippen LogP contribution < -0.4 is 5.73 Å². The summed E-state index contributed by atoms with van der Waals surface area (Å²) in [5.41, 5.74) is 4.66. The van der Waals surface area contributed by atoms with E-state index in [0.29, 0.717) is 39.0 Å². The van der Waals surface area contributed by atoms with Crippen molar-refractivity contribution < 1.29 is 9.84 Å². The molecule has 1 fully saturated rings. The predicted molar refractivity (Wildman–Crippen MR) is 59.0 cm³/mol. The monoisotopic (exact) mass is 215 g/mol. The SMILES string of the molecule is CN(CCC(=N)N)CC1(O)CCOCC1. The number of amidine groups is 1. The lowest BCUT2D eigenvalue weighted by atomic mass is 9.94. The van der Waals surface area contributed by atoms with E-state index in [2.05, 4.69) is 0 Å². The Labute approximate surface area is 90.7 Å². The van der Waals surface area contributed by atoms with Gasteiger partial charge in [-0.05, 0) is 7.05 Å². The summed E-state index contributed by atoms with van der Waals surface area (Å²) in [5.74, 6) is 0.195. The molecule has 88 valence electrons. The summed E-state index contributed by atoms with van der Waals surface area (Å²) in [7, 11) is 1.94. The van der Waals surface area contributed by atoms with Crippen LogP contribution in [0, 0.1) is 5.41 Å². The van der Waals surface area contributed by atoms with Gasteiger partial charge in [0.15, 0.2) is 0 Å². The number of nitrogens with zero attached hydrogens (tertiary/aromatic N) is 1. The molecular weight excluding hydrogens is 194 g/mol. The first kappa shape index (κ1) is 12.4. The van der Waals surface area contributed by atoms with Crippen LogP contribution in [0.4, 0.5) is 0 Å². The zero-order valence-electron chi connectivity index (χ0n) is 9.33. The molecule has 0 aromatic heterocycles. The van der Waals surface area contributed by atoms with Crippen molar-refractivity contribution >= 4 is 5.84 Å². The summed E-state index contributed by atoms with van der Waals surface area (Å²) in [6.07, 6.45) is 1.94. The number of nitrogens with one attached hydrogen (secondary N) is 1. The molecule has 5 nitrogen and oxygen atoms in total. The lowest BCUT2D eigenvalue weighted by Crippen LogP contribution is -2.46. The highest BCUT2D eigenvalue weighted by molar-refractivity contribution is 5.76. The number of nitrogens with two attached hydrogens (primary N) is 1. The van der Waals surface area contributed by atoms with Crippen LogP contribution >= 0.6 is 0 Å². The third-order valence-corrected chi connectivity index (χ3v) is 2.75. The zero-order valence-corrected chi connectivity index (χ0v) is 9.33. The van der Waals surface area contributed by atoms with E-state index in [0.717, 1.165) is 6.54 Å². The van der Waals surface area contributed by atoms with Crippen LogP contribution in [0.1, 0.15) is 19.3 Å². The molecule has 1 aliphatic heterocycles. The van der Waals surface area contributed by atoms with Gasteiger partial charge in [-0.2, -0.15) is 0 Å². The van der Waals surface area contributed by atoms with Crippen molar-refractivity contribution in [3.05, 3.63) is 0 Å². The van der Waals surface area contributed by atoms with Crippen LogP contribution in [-0.4, -0.2) is 54.8 Å². The summed E-state index contributed by atoms with van der Waals surface area (Å²) in [4.78, 5) is 2.02. The molecule has 1 rings (SSSR count).